The van der Waals surface area contributed by atoms with E-state index in [-0.39, 0.29) is 5.63 Å². The van der Waals surface area contributed by atoms with Gasteiger partial charge in [-0.2, -0.15) is 0 Å². The maximum Gasteiger partial charge on any atom is 0.360 e. The van der Waals surface area contributed by atoms with E-state index in [9.17, 15) is 4.79 Å². The number of rotatable bonds is 1. The van der Waals surface area contributed by atoms with Gasteiger partial charge in [0.1, 0.15) is 5.52 Å². The number of hydrogen-bond acceptors (Lipinski definition) is 3. The lowest BCUT2D eigenvalue weighted by atomic mass is 10.2. The molecule has 4 rings (SSSR count). The molecule has 0 amide bonds. The van der Waals surface area contributed by atoms with Gasteiger partial charge in [-0.05, 0) is 17.5 Å². The van der Waals surface area contributed by atoms with Crippen molar-refractivity contribution in [2.24, 2.45) is 0 Å². The predicted molar refractivity (Wildman–Crippen MR) is 76.8 cm³/mol. The van der Waals surface area contributed by atoms with Crippen LogP contribution in [0.15, 0.2) is 63.3 Å². The quantitative estimate of drug-likeness (QED) is 0.526. The molecule has 3 heterocycles. The molecule has 0 aliphatic rings. The van der Waals surface area contributed by atoms with Gasteiger partial charge < -0.3 is 8.82 Å². The Hall–Kier alpha value is -2.33. The molecule has 3 nitrogen and oxygen atoms in total. The molecular formula is C15H9NO2S. The van der Waals surface area contributed by atoms with Gasteiger partial charge in [0.15, 0.2) is 5.76 Å². The summed E-state index contributed by atoms with van der Waals surface area (Å²) in [5, 5.41) is 2.02. The highest BCUT2D eigenvalue weighted by molar-refractivity contribution is 7.17. The molecule has 0 saturated heterocycles. The summed E-state index contributed by atoms with van der Waals surface area (Å²) in [4.78, 5) is 12.1. The third-order valence-electron chi connectivity index (χ3n) is 3.18. The molecule has 0 spiro atoms. The van der Waals surface area contributed by atoms with E-state index in [0.29, 0.717) is 11.3 Å². The molecule has 92 valence electrons. The summed E-state index contributed by atoms with van der Waals surface area (Å²) in [5.41, 5.74) is 2.23. The van der Waals surface area contributed by atoms with E-state index in [0.717, 1.165) is 15.8 Å². The average molecular weight is 267 g/mol. The van der Waals surface area contributed by atoms with Crippen LogP contribution in [0.2, 0.25) is 0 Å². The maximum atomic E-state index is 12.1. The van der Waals surface area contributed by atoms with Gasteiger partial charge in [0.05, 0.1) is 16.4 Å². The van der Waals surface area contributed by atoms with Crippen molar-refractivity contribution in [3.8, 4) is 11.3 Å². The Morgan fingerprint density at radius 2 is 1.89 bits per heavy atom. The highest BCUT2D eigenvalue weighted by Gasteiger charge is 2.10. The van der Waals surface area contributed by atoms with Crippen LogP contribution in [0, 0.1) is 0 Å². The van der Waals surface area contributed by atoms with Gasteiger partial charge in [-0.15, -0.1) is 11.3 Å². The summed E-state index contributed by atoms with van der Waals surface area (Å²) in [6, 6.07) is 13.5. The average Bonchev–Trinajstić information content (AvgIpc) is 3.01. The van der Waals surface area contributed by atoms with Crippen LogP contribution in [-0.4, -0.2) is 4.40 Å². The normalized spacial score (nSPS) is 11.4. The number of benzene rings is 1. The van der Waals surface area contributed by atoms with Crippen molar-refractivity contribution < 1.29 is 4.42 Å². The number of nitrogens with zero attached hydrogens (tertiary/aromatic N) is 1. The number of aromatic nitrogens is 1. The Labute approximate surface area is 112 Å². The number of hydrogen-bond donors (Lipinski definition) is 0. The summed E-state index contributed by atoms with van der Waals surface area (Å²) in [7, 11) is 0. The Kier molecular flexibility index (Phi) is 2.13. The zero-order valence-corrected chi connectivity index (χ0v) is 10.7. The van der Waals surface area contributed by atoms with Crippen molar-refractivity contribution in [1.82, 2.24) is 4.40 Å². The Balaban J connectivity index is 2.11. The minimum Gasteiger partial charge on any atom is -0.420 e. The second-order valence-electron chi connectivity index (χ2n) is 4.32. The first kappa shape index (κ1) is 10.6. The Morgan fingerprint density at radius 1 is 1.05 bits per heavy atom. The van der Waals surface area contributed by atoms with E-state index in [2.05, 4.69) is 0 Å². The van der Waals surface area contributed by atoms with Gasteiger partial charge in [0, 0.05) is 5.56 Å². The summed E-state index contributed by atoms with van der Waals surface area (Å²) >= 11 is 1.62. The first-order chi connectivity index (χ1) is 9.33. The van der Waals surface area contributed by atoms with Crippen LogP contribution in [0.4, 0.5) is 0 Å². The highest BCUT2D eigenvalue weighted by atomic mass is 32.1. The van der Waals surface area contributed by atoms with Crippen LogP contribution in [0.25, 0.3) is 27.1 Å². The van der Waals surface area contributed by atoms with Gasteiger partial charge in [-0.3, -0.25) is 0 Å². The number of fused-ring (bicyclic) bond motifs is 3. The van der Waals surface area contributed by atoms with Crippen molar-refractivity contribution in [3.63, 3.8) is 0 Å². The largest absolute Gasteiger partial charge is 0.420 e. The van der Waals surface area contributed by atoms with Crippen LogP contribution in [-0.2, 0) is 0 Å². The molecule has 0 aliphatic carbocycles. The second-order valence-corrected chi connectivity index (χ2v) is 5.27. The van der Waals surface area contributed by atoms with E-state index in [4.69, 9.17) is 4.42 Å². The molecule has 0 aliphatic heterocycles. The lowest BCUT2D eigenvalue weighted by Crippen LogP contribution is -2.03. The first-order valence-corrected chi connectivity index (χ1v) is 6.79. The third-order valence-corrected chi connectivity index (χ3v) is 4.03. The molecule has 3 aromatic heterocycles. The van der Waals surface area contributed by atoms with Crippen LogP contribution >= 0.6 is 11.3 Å². The molecule has 0 N–H and O–H groups in total. The molecule has 0 radical (unpaired) electrons. The van der Waals surface area contributed by atoms with Crippen LogP contribution in [0.1, 0.15) is 0 Å². The molecule has 4 heteroatoms. The zero-order valence-electron chi connectivity index (χ0n) is 9.87. The van der Waals surface area contributed by atoms with Gasteiger partial charge >= 0.3 is 5.63 Å². The molecule has 0 saturated carbocycles. The molecule has 1 aromatic carbocycles. The standard InChI is InChI=1S/C15H9NO2S/c17-15-12-8-14-11(6-7-19-14)16(12)9-13(18-15)10-4-2-1-3-5-10/h1-9H. The minimum absolute atomic E-state index is 0.301. The second kappa shape index (κ2) is 3.83. The fourth-order valence-corrected chi connectivity index (χ4v) is 3.08. The zero-order chi connectivity index (χ0) is 12.8. The molecular weight excluding hydrogens is 258 g/mol. The Bertz CT molecular complexity index is 931. The summed E-state index contributed by atoms with van der Waals surface area (Å²) in [5.74, 6) is 0.585. The van der Waals surface area contributed by atoms with E-state index in [1.165, 1.54) is 0 Å². The SMILES string of the molecule is O=c1oc(-c2ccccc2)cn2c1cc1sccc12. The molecule has 0 atom stereocenters. The van der Waals surface area contributed by atoms with E-state index in [1.807, 2.05) is 58.4 Å². The van der Waals surface area contributed by atoms with Gasteiger partial charge in [0.2, 0.25) is 0 Å². The van der Waals surface area contributed by atoms with Gasteiger partial charge in [-0.1, -0.05) is 30.3 Å². The molecule has 4 aromatic rings. The van der Waals surface area contributed by atoms with Gasteiger partial charge in [-0.25, -0.2) is 4.79 Å². The van der Waals surface area contributed by atoms with Crippen molar-refractivity contribution in [2.75, 3.05) is 0 Å². The molecule has 0 unspecified atom stereocenters. The predicted octanol–water partition coefficient (Wildman–Crippen LogP) is 3.77. The van der Waals surface area contributed by atoms with Crippen LogP contribution < -0.4 is 5.63 Å². The lowest BCUT2D eigenvalue weighted by molar-refractivity contribution is 0.525. The fraction of sp³-hybridized carbons (Fsp3) is 0. The molecule has 19 heavy (non-hydrogen) atoms. The molecule has 0 fully saturated rings. The number of thiophene rings is 1. The van der Waals surface area contributed by atoms with Crippen molar-refractivity contribution in [2.45, 2.75) is 0 Å². The van der Waals surface area contributed by atoms with Crippen LogP contribution in [0.5, 0.6) is 0 Å². The summed E-state index contributed by atoms with van der Waals surface area (Å²) < 4.78 is 8.40. The lowest BCUT2D eigenvalue weighted by Gasteiger charge is -2.01. The van der Waals surface area contributed by atoms with E-state index in [1.54, 1.807) is 11.3 Å². The fourth-order valence-electron chi connectivity index (χ4n) is 2.27. The first-order valence-electron chi connectivity index (χ1n) is 5.91. The topological polar surface area (TPSA) is 34.6 Å². The van der Waals surface area contributed by atoms with Crippen molar-refractivity contribution >= 4 is 27.1 Å². The summed E-state index contributed by atoms with van der Waals surface area (Å²) in [6.45, 7) is 0. The van der Waals surface area contributed by atoms with E-state index < -0.39 is 0 Å². The van der Waals surface area contributed by atoms with Crippen molar-refractivity contribution in [3.05, 3.63) is 64.5 Å². The van der Waals surface area contributed by atoms with Crippen LogP contribution in [0.3, 0.4) is 0 Å². The smallest absolute Gasteiger partial charge is 0.360 e. The highest BCUT2D eigenvalue weighted by Crippen LogP contribution is 2.26. The van der Waals surface area contributed by atoms with Gasteiger partial charge in [0.25, 0.3) is 0 Å². The molecule has 0 bridgehead atoms. The Morgan fingerprint density at radius 3 is 2.74 bits per heavy atom. The third kappa shape index (κ3) is 1.54. The monoisotopic (exact) mass is 267 g/mol. The van der Waals surface area contributed by atoms with E-state index >= 15 is 0 Å². The minimum atomic E-state index is -0.301. The maximum absolute atomic E-state index is 12.1. The summed E-state index contributed by atoms with van der Waals surface area (Å²) in [6.07, 6.45) is 1.88. The van der Waals surface area contributed by atoms with Crippen molar-refractivity contribution in [1.29, 1.82) is 0 Å².